The molecule has 3 rings (SSSR count). The number of likely N-dealkylation sites (N-methyl/N-ethyl adjacent to an activating group) is 1. The zero-order chi connectivity index (χ0) is 17.3. The number of carbonyl (C=O) groups excluding carboxylic acids is 1. The van der Waals surface area contributed by atoms with Gasteiger partial charge in [0.25, 0.3) is 5.91 Å². The van der Waals surface area contributed by atoms with Gasteiger partial charge in [0.1, 0.15) is 11.5 Å². The van der Waals surface area contributed by atoms with E-state index in [9.17, 15) is 14.0 Å². The number of carboxylic acids is 1. The van der Waals surface area contributed by atoms with E-state index in [0.29, 0.717) is 23.1 Å². The summed E-state index contributed by atoms with van der Waals surface area (Å²) < 4.78 is 13.7. The normalized spacial score (nSPS) is 20.1. The molecule has 3 N–H and O–H groups in total. The molecule has 1 fully saturated rings. The molecule has 0 bridgehead atoms. The van der Waals surface area contributed by atoms with Crippen molar-refractivity contribution in [1.29, 1.82) is 0 Å². The molecule has 128 valence electrons. The van der Waals surface area contributed by atoms with Crippen LogP contribution in [0.3, 0.4) is 0 Å². The summed E-state index contributed by atoms with van der Waals surface area (Å²) in [6.07, 6.45) is 1.45. The van der Waals surface area contributed by atoms with Crippen LogP contribution in [0.4, 0.5) is 4.39 Å². The molecule has 1 aromatic heterocycles. The van der Waals surface area contributed by atoms with E-state index in [1.165, 1.54) is 12.1 Å². The first-order chi connectivity index (χ1) is 11.5. The van der Waals surface area contributed by atoms with Gasteiger partial charge in [-0.05, 0) is 37.6 Å². The minimum Gasteiger partial charge on any atom is -0.480 e. The van der Waals surface area contributed by atoms with Gasteiger partial charge in [-0.3, -0.25) is 14.5 Å². The maximum Gasteiger partial charge on any atom is 0.317 e. The molecule has 7 heteroatoms. The second-order valence-corrected chi connectivity index (χ2v) is 6.14. The number of aromatic nitrogens is 1. The number of halogens is 1. The van der Waals surface area contributed by atoms with Gasteiger partial charge >= 0.3 is 5.97 Å². The molecule has 0 spiro atoms. The number of aromatic amines is 1. The van der Waals surface area contributed by atoms with Crippen molar-refractivity contribution < 1.29 is 19.1 Å². The van der Waals surface area contributed by atoms with Gasteiger partial charge in [0.2, 0.25) is 0 Å². The number of nitrogens with zero attached hydrogens (tertiary/aromatic N) is 1. The van der Waals surface area contributed by atoms with Crippen LogP contribution in [0.15, 0.2) is 24.3 Å². The van der Waals surface area contributed by atoms with Gasteiger partial charge in [0, 0.05) is 23.0 Å². The predicted octanol–water partition coefficient (Wildman–Crippen LogP) is 1.97. The maximum atomic E-state index is 13.7. The molecule has 2 aromatic rings. The number of benzene rings is 1. The molecule has 1 amide bonds. The number of amides is 1. The fourth-order valence-electron chi connectivity index (χ4n) is 3.18. The molecular formula is C17H20FN3O3. The number of carbonyl (C=O) groups is 2. The summed E-state index contributed by atoms with van der Waals surface area (Å²) in [5.41, 5.74) is 0.918. The summed E-state index contributed by atoms with van der Waals surface area (Å²) in [4.78, 5) is 27.9. The van der Waals surface area contributed by atoms with Gasteiger partial charge in [0.05, 0.1) is 6.54 Å². The van der Waals surface area contributed by atoms with Crippen LogP contribution >= 0.6 is 0 Å². The third-order valence-corrected chi connectivity index (χ3v) is 4.56. The Morgan fingerprint density at radius 2 is 2.17 bits per heavy atom. The lowest BCUT2D eigenvalue weighted by atomic mass is 9.85. The van der Waals surface area contributed by atoms with E-state index in [1.54, 1.807) is 12.1 Å². The van der Waals surface area contributed by atoms with Crippen molar-refractivity contribution in [3.63, 3.8) is 0 Å². The number of nitrogens with one attached hydrogen (secondary N) is 2. The van der Waals surface area contributed by atoms with Gasteiger partial charge in [-0.2, -0.15) is 0 Å². The zero-order valence-corrected chi connectivity index (χ0v) is 13.4. The number of carboxylic acid groups (broad SMARTS) is 1. The molecular weight excluding hydrogens is 313 g/mol. The topological polar surface area (TPSA) is 85.4 Å². The molecule has 0 saturated heterocycles. The van der Waals surface area contributed by atoms with E-state index in [2.05, 4.69) is 10.3 Å². The first-order valence-corrected chi connectivity index (χ1v) is 8.02. The van der Waals surface area contributed by atoms with Crippen LogP contribution in [0.5, 0.6) is 0 Å². The van der Waals surface area contributed by atoms with Gasteiger partial charge in [-0.25, -0.2) is 4.39 Å². The van der Waals surface area contributed by atoms with Crippen molar-refractivity contribution in [2.45, 2.75) is 31.8 Å². The van der Waals surface area contributed by atoms with Crippen molar-refractivity contribution >= 4 is 22.8 Å². The molecule has 6 nitrogen and oxygen atoms in total. The molecule has 0 radical (unpaired) electrons. The van der Waals surface area contributed by atoms with Crippen molar-refractivity contribution in [2.24, 2.45) is 0 Å². The van der Waals surface area contributed by atoms with Crippen molar-refractivity contribution in [2.75, 3.05) is 13.1 Å². The van der Waals surface area contributed by atoms with Gasteiger partial charge in [-0.1, -0.05) is 13.0 Å². The molecule has 1 aliphatic rings. The Bertz CT molecular complexity index is 768. The smallest absolute Gasteiger partial charge is 0.317 e. The summed E-state index contributed by atoms with van der Waals surface area (Å²) in [7, 11) is 0. The van der Waals surface area contributed by atoms with E-state index in [1.807, 2.05) is 11.8 Å². The molecule has 0 aliphatic heterocycles. The third kappa shape index (κ3) is 3.26. The summed E-state index contributed by atoms with van der Waals surface area (Å²) in [5, 5.41) is 12.2. The van der Waals surface area contributed by atoms with Crippen LogP contribution in [0.25, 0.3) is 10.9 Å². The van der Waals surface area contributed by atoms with Crippen LogP contribution in [-0.2, 0) is 4.79 Å². The van der Waals surface area contributed by atoms with Gasteiger partial charge in [0.15, 0.2) is 0 Å². The number of fused-ring (bicyclic) bond motifs is 1. The Kier molecular flexibility index (Phi) is 4.53. The summed E-state index contributed by atoms with van der Waals surface area (Å²) in [6.45, 7) is 2.61. The third-order valence-electron chi connectivity index (χ3n) is 4.56. The van der Waals surface area contributed by atoms with Crippen LogP contribution in [0.2, 0.25) is 0 Å². The Morgan fingerprint density at radius 3 is 2.79 bits per heavy atom. The predicted molar refractivity (Wildman–Crippen MR) is 87.4 cm³/mol. The summed E-state index contributed by atoms with van der Waals surface area (Å²) in [6, 6.07) is 6.38. The fraction of sp³-hybridized carbons (Fsp3) is 0.412. The average molecular weight is 333 g/mol. The molecule has 0 unspecified atom stereocenters. The van der Waals surface area contributed by atoms with Gasteiger partial charge < -0.3 is 15.4 Å². The Morgan fingerprint density at radius 1 is 1.42 bits per heavy atom. The van der Waals surface area contributed by atoms with Crippen molar-refractivity contribution in [1.82, 2.24) is 15.2 Å². The van der Waals surface area contributed by atoms with E-state index >= 15 is 0 Å². The average Bonchev–Trinajstić information content (AvgIpc) is 2.94. The van der Waals surface area contributed by atoms with Crippen LogP contribution in [-0.4, -0.2) is 52.0 Å². The highest BCUT2D eigenvalue weighted by Crippen LogP contribution is 2.26. The zero-order valence-electron chi connectivity index (χ0n) is 13.4. The highest BCUT2D eigenvalue weighted by Gasteiger charge is 2.34. The summed E-state index contributed by atoms with van der Waals surface area (Å²) >= 11 is 0. The first-order valence-electron chi connectivity index (χ1n) is 8.02. The Labute approximate surface area is 138 Å². The fourth-order valence-corrected chi connectivity index (χ4v) is 3.18. The minimum absolute atomic E-state index is 0.0154. The number of H-pyrrole nitrogens is 1. The molecule has 0 atom stereocenters. The van der Waals surface area contributed by atoms with Crippen molar-refractivity contribution in [3.8, 4) is 0 Å². The van der Waals surface area contributed by atoms with E-state index in [0.717, 1.165) is 12.8 Å². The van der Waals surface area contributed by atoms with Gasteiger partial charge in [-0.15, -0.1) is 0 Å². The SMILES string of the molecule is CCN(CC(=O)O)C1CC(NC(=O)c2cc3c(F)cccc3[nH]2)C1. The first kappa shape index (κ1) is 16.4. The van der Waals surface area contributed by atoms with E-state index in [-0.39, 0.29) is 30.4 Å². The van der Waals surface area contributed by atoms with E-state index < -0.39 is 5.97 Å². The Balaban J connectivity index is 1.58. The highest BCUT2D eigenvalue weighted by molar-refractivity contribution is 5.98. The summed E-state index contributed by atoms with van der Waals surface area (Å²) in [5.74, 6) is -1.47. The molecule has 1 aromatic carbocycles. The van der Waals surface area contributed by atoms with Crippen LogP contribution < -0.4 is 5.32 Å². The van der Waals surface area contributed by atoms with E-state index in [4.69, 9.17) is 5.11 Å². The lowest BCUT2D eigenvalue weighted by Crippen LogP contribution is -2.54. The number of rotatable bonds is 6. The Hall–Kier alpha value is -2.41. The molecule has 1 heterocycles. The lowest BCUT2D eigenvalue weighted by molar-refractivity contribution is -0.139. The lowest BCUT2D eigenvalue weighted by Gasteiger charge is -2.42. The standard InChI is InChI=1S/C17H20FN3O3/c1-2-21(9-16(22)23)11-6-10(7-11)19-17(24)15-8-12-13(18)4-3-5-14(12)20-15/h3-5,8,10-11,20H,2,6-7,9H2,1H3,(H,19,24)(H,22,23). The number of hydrogen-bond acceptors (Lipinski definition) is 3. The largest absolute Gasteiger partial charge is 0.480 e. The van der Waals surface area contributed by atoms with Crippen LogP contribution in [0, 0.1) is 5.82 Å². The number of aliphatic carboxylic acids is 1. The second-order valence-electron chi connectivity index (χ2n) is 6.14. The minimum atomic E-state index is -0.843. The molecule has 1 aliphatic carbocycles. The number of hydrogen-bond donors (Lipinski definition) is 3. The quantitative estimate of drug-likeness (QED) is 0.754. The highest BCUT2D eigenvalue weighted by atomic mass is 19.1. The molecule has 1 saturated carbocycles. The molecule has 24 heavy (non-hydrogen) atoms. The van der Waals surface area contributed by atoms with Crippen molar-refractivity contribution in [3.05, 3.63) is 35.8 Å². The van der Waals surface area contributed by atoms with Crippen LogP contribution in [0.1, 0.15) is 30.3 Å². The monoisotopic (exact) mass is 333 g/mol. The maximum absolute atomic E-state index is 13.7. The second kappa shape index (κ2) is 6.60.